The van der Waals surface area contributed by atoms with Crippen molar-refractivity contribution in [3.05, 3.63) is 21.5 Å². The van der Waals surface area contributed by atoms with Crippen LogP contribution >= 0.6 is 22.6 Å². The minimum absolute atomic E-state index is 0.231. The fourth-order valence-corrected chi connectivity index (χ4v) is 2.23. The average molecular weight is 364 g/mol. The van der Waals surface area contributed by atoms with Crippen LogP contribution in [0.3, 0.4) is 0 Å². The van der Waals surface area contributed by atoms with Crippen LogP contribution in [0.5, 0.6) is 0 Å². The van der Waals surface area contributed by atoms with E-state index in [2.05, 4.69) is 0 Å². The van der Waals surface area contributed by atoms with E-state index in [-0.39, 0.29) is 5.82 Å². The lowest BCUT2D eigenvalue weighted by Gasteiger charge is -2.21. The molecule has 1 aromatic rings. The Kier molecular flexibility index (Phi) is 4.66. The Morgan fingerprint density at radius 1 is 1.50 bits per heavy atom. The zero-order valence-corrected chi connectivity index (χ0v) is 12.6. The topological polar surface area (TPSA) is 38.5 Å². The molecule has 0 amide bonds. The summed E-state index contributed by atoms with van der Waals surface area (Å²) in [6, 6.07) is 3.14. The molecular formula is C13H18FIN2O. The first-order valence-electron chi connectivity index (χ1n) is 6.11. The number of nitrogens with zero attached hydrogens (tertiary/aromatic N) is 1. The summed E-state index contributed by atoms with van der Waals surface area (Å²) in [5, 5.41) is 0. The molecule has 18 heavy (non-hydrogen) atoms. The molecule has 100 valence electrons. The van der Waals surface area contributed by atoms with Crippen molar-refractivity contribution in [2.24, 2.45) is 5.92 Å². The Morgan fingerprint density at radius 2 is 2.22 bits per heavy atom. The van der Waals surface area contributed by atoms with E-state index in [1.807, 2.05) is 34.5 Å². The smallest absolute Gasteiger partial charge is 0.138 e. The van der Waals surface area contributed by atoms with E-state index in [4.69, 9.17) is 10.5 Å². The first-order valence-corrected chi connectivity index (χ1v) is 7.19. The van der Waals surface area contributed by atoms with Crippen LogP contribution in [0.2, 0.25) is 0 Å². The van der Waals surface area contributed by atoms with Crippen LogP contribution in [-0.2, 0) is 4.74 Å². The molecule has 0 radical (unpaired) electrons. The van der Waals surface area contributed by atoms with E-state index in [9.17, 15) is 4.39 Å². The van der Waals surface area contributed by atoms with Gasteiger partial charge in [-0.3, -0.25) is 0 Å². The van der Waals surface area contributed by atoms with Gasteiger partial charge >= 0.3 is 0 Å². The number of nitrogen functional groups attached to an aromatic ring is 1. The maximum absolute atomic E-state index is 13.5. The fraction of sp³-hybridized carbons (Fsp3) is 0.538. The highest BCUT2D eigenvalue weighted by Crippen LogP contribution is 2.29. The third-order valence-corrected chi connectivity index (χ3v) is 3.93. The molecule has 1 aliphatic rings. The summed E-state index contributed by atoms with van der Waals surface area (Å²) in [6.07, 6.45) is 2.59. The molecule has 0 aromatic heterocycles. The molecule has 5 heteroatoms. The zero-order valence-electron chi connectivity index (χ0n) is 10.5. The highest BCUT2D eigenvalue weighted by molar-refractivity contribution is 14.1. The van der Waals surface area contributed by atoms with Gasteiger partial charge in [0.2, 0.25) is 0 Å². The van der Waals surface area contributed by atoms with E-state index in [1.165, 1.54) is 18.9 Å². The van der Waals surface area contributed by atoms with Gasteiger partial charge in [0.25, 0.3) is 0 Å². The summed E-state index contributed by atoms with van der Waals surface area (Å²) in [5.74, 6) is 0.543. The largest absolute Gasteiger partial charge is 0.397 e. The van der Waals surface area contributed by atoms with Crippen LogP contribution in [0.4, 0.5) is 15.8 Å². The molecule has 1 saturated carbocycles. The Balaban J connectivity index is 1.86. The predicted molar refractivity (Wildman–Crippen MR) is 80.3 cm³/mol. The lowest BCUT2D eigenvalue weighted by Crippen LogP contribution is -2.24. The van der Waals surface area contributed by atoms with Crippen molar-refractivity contribution in [2.75, 3.05) is 37.4 Å². The van der Waals surface area contributed by atoms with E-state index in [1.54, 1.807) is 6.07 Å². The minimum Gasteiger partial charge on any atom is -0.397 e. The molecule has 0 aliphatic heterocycles. The van der Waals surface area contributed by atoms with Gasteiger partial charge in [-0.2, -0.15) is 0 Å². The SMILES string of the molecule is CN(CCOCC1CC1)c1cc(F)c(I)cc1N. The number of hydrogen-bond acceptors (Lipinski definition) is 3. The number of anilines is 2. The van der Waals surface area contributed by atoms with E-state index in [0.29, 0.717) is 15.9 Å². The second-order valence-corrected chi connectivity index (χ2v) is 5.93. The average Bonchev–Trinajstić information content (AvgIpc) is 3.13. The number of nitrogens with two attached hydrogens (primary N) is 1. The Hall–Kier alpha value is -0.560. The summed E-state index contributed by atoms with van der Waals surface area (Å²) < 4.78 is 19.6. The molecule has 2 rings (SSSR count). The molecule has 0 unspecified atom stereocenters. The standard InChI is InChI=1S/C13H18FIN2O/c1-17(4-5-18-8-9-2-3-9)13-6-10(14)11(15)7-12(13)16/h6-7,9H,2-5,8,16H2,1H3. The van der Waals surface area contributed by atoms with Crippen LogP contribution in [0, 0.1) is 15.3 Å². The van der Waals surface area contributed by atoms with Crippen molar-refractivity contribution in [3.8, 4) is 0 Å². The van der Waals surface area contributed by atoms with E-state index >= 15 is 0 Å². The second-order valence-electron chi connectivity index (χ2n) is 4.76. The molecule has 0 saturated heterocycles. The molecule has 3 nitrogen and oxygen atoms in total. The number of halogens is 2. The predicted octanol–water partition coefficient (Wildman–Crippen LogP) is 2.88. The Morgan fingerprint density at radius 3 is 2.89 bits per heavy atom. The molecule has 1 aromatic carbocycles. The Labute approximate surface area is 121 Å². The second kappa shape index (κ2) is 6.06. The van der Waals surface area contributed by atoms with Crippen molar-refractivity contribution >= 4 is 34.0 Å². The number of benzene rings is 1. The van der Waals surface area contributed by atoms with Crippen molar-refractivity contribution in [2.45, 2.75) is 12.8 Å². The van der Waals surface area contributed by atoms with Crippen molar-refractivity contribution < 1.29 is 9.13 Å². The molecule has 1 fully saturated rings. The van der Waals surface area contributed by atoms with Gasteiger partial charge in [0, 0.05) is 26.3 Å². The molecule has 0 atom stereocenters. The Bertz CT molecular complexity index is 424. The van der Waals surface area contributed by atoms with Crippen LogP contribution in [0.15, 0.2) is 12.1 Å². The van der Waals surface area contributed by atoms with Gasteiger partial charge < -0.3 is 15.4 Å². The number of likely N-dealkylation sites (N-methyl/N-ethyl adjacent to an activating group) is 1. The molecule has 2 N–H and O–H groups in total. The summed E-state index contributed by atoms with van der Waals surface area (Å²) in [5.41, 5.74) is 7.23. The summed E-state index contributed by atoms with van der Waals surface area (Å²) in [4.78, 5) is 1.93. The highest BCUT2D eigenvalue weighted by atomic mass is 127. The zero-order chi connectivity index (χ0) is 13.1. The van der Waals surface area contributed by atoms with Crippen LogP contribution in [0.25, 0.3) is 0 Å². The van der Waals surface area contributed by atoms with Gasteiger partial charge in [0.05, 0.1) is 21.6 Å². The van der Waals surface area contributed by atoms with Gasteiger partial charge in [0.15, 0.2) is 0 Å². The third kappa shape index (κ3) is 3.71. The van der Waals surface area contributed by atoms with E-state index < -0.39 is 0 Å². The highest BCUT2D eigenvalue weighted by Gasteiger charge is 2.21. The maximum atomic E-state index is 13.5. The number of rotatable bonds is 6. The molecular weight excluding hydrogens is 346 g/mol. The fourth-order valence-electron chi connectivity index (χ4n) is 1.74. The maximum Gasteiger partial charge on any atom is 0.138 e. The third-order valence-electron chi connectivity index (χ3n) is 3.10. The first-order chi connectivity index (χ1) is 8.58. The van der Waals surface area contributed by atoms with Gasteiger partial charge in [-0.15, -0.1) is 0 Å². The molecule has 0 spiro atoms. The first kappa shape index (κ1) is 13.9. The van der Waals surface area contributed by atoms with E-state index in [0.717, 1.165) is 24.8 Å². The van der Waals surface area contributed by atoms with Crippen molar-refractivity contribution in [3.63, 3.8) is 0 Å². The van der Waals surface area contributed by atoms with Crippen LogP contribution < -0.4 is 10.6 Å². The lowest BCUT2D eigenvalue weighted by molar-refractivity contribution is 0.131. The molecule has 0 heterocycles. The summed E-state index contributed by atoms with van der Waals surface area (Å²) in [6.45, 7) is 2.22. The van der Waals surface area contributed by atoms with Gasteiger partial charge in [-0.25, -0.2) is 4.39 Å². The van der Waals surface area contributed by atoms with Crippen molar-refractivity contribution in [1.29, 1.82) is 0 Å². The van der Waals surface area contributed by atoms with Crippen molar-refractivity contribution in [1.82, 2.24) is 0 Å². The monoisotopic (exact) mass is 364 g/mol. The van der Waals surface area contributed by atoms with Gasteiger partial charge in [-0.1, -0.05) is 0 Å². The normalized spacial score (nSPS) is 14.8. The molecule has 1 aliphatic carbocycles. The minimum atomic E-state index is -0.231. The van der Waals surface area contributed by atoms with Gasteiger partial charge in [-0.05, 0) is 47.4 Å². The van der Waals surface area contributed by atoms with Gasteiger partial charge in [0.1, 0.15) is 5.82 Å². The molecule has 0 bridgehead atoms. The lowest BCUT2D eigenvalue weighted by atomic mass is 10.2. The van der Waals surface area contributed by atoms with Crippen LogP contribution in [-0.4, -0.2) is 26.8 Å². The number of ether oxygens (including phenoxy) is 1. The van der Waals surface area contributed by atoms with Crippen LogP contribution in [0.1, 0.15) is 12.8 Å². The quantitative estimate of drug-likeness (QED) is 0.479. The summed E-state index contributed by atoms with van der Waals surface area (Å²) in [7, 11) is 1.90. The number of hydrogen-bond donors (Lipinski definition) is 1. The summed E-state index contributed by atoms with van der Waals surface area (Å²) >= 11 is 1.94.